The zero-order valence-electron chi connectivity index (χ0n) is 32.0. The van der Waals surface area contributed by atoms with Gasteiger partial charge in [0.1, 0.15) is 0 Å². The van der Waals surface area contributed by atoms with Gasteiger partial charge >= 0.3 is 0 Å². The van der Waals surface area contributed by atoms with E-state index in [2.05, 4.69) is 230 Å². The summed E-state index contributed by atoms with van der Waals surface area (Å²) >= 11 is 0. The first-order chi connectivity index (χ1) is 28.0. The average Bonchev–Trinajstić information content (AvgIpc) is 3.71. The topological polar surface area (TPSA) is 8.17 Å². The summed E-state index contributed by atoms with van der Waals surface area (Å²) in [5.74, 6) is 0. The smallest absolute Gasteiger partial charge is 0.0625 e. The zero-order chi connectivity index (χ0) is 38.1. The second kappa shape index (κ2) is 13.0. The number of aromatic nitrogens is 1. The van der Waals surface area contributed by atoms with Crippen molar-refractivity contribution in [3.8, 4) is 39.1 Å². The second-order valence-corrected chi connectivity index (χ2v) is 15.8. The molecule has 0 fully saturated rings. The Labute approximate surface area is 333 Å². The van der Waals surface area contributed by atoms with Crippen molar-refractivity contribution >= 4 is 49.6 Å². The predicted molar refractivity (Wildman–Crippen MR) is 241 cm³/mol. The first-order valence-corrected chi connectivity index (χ1v) is 19.9. The SMILES string of the molecule is CC1(C)c2ccccc2-c2ccc(N(c3ccccc3)c3ccc(-n4c5ccccc5c5cc6ccccc6c(-c6ccc(-c7ccccc7)cc6)c54)cc3)cc21. The van der Waals surface area contributed by atoms with Gasteiger partial charge in [0.15, 0.2) is 0 Å². The molecule has 0 N–H and O–H groups in total. The minimum Gasteiger partial charge on any atom is -0.310 e. The summed E-state index contributed by atoms with van der Waals surface area (Å²) in [5, 5.41) is 4.99. The molecule has 57 heavy (non-hydrogen) atoms. The van der Waals surface area contributed by atoms with Crippen LogP contribution in [0.25, 0.3) is 71.6 Å². The van der Waals surface area contributed by atoms with Crippen LogP contribution in [0.5, 0.6) is 0 Å². The lowest BCUT2D eigenvalue weighted by Gasteiger charge is -2.28. The van der Waals surface area contributed by atoms with Gasteiger partial charge in [-0.25, -0.2) is 0 Å². The molecule has 1 aliphatic rings. The minimum atomic E-state index is -0.0889. The van der Waals surface area contributed by atoms with Crippen molar-refractivity contribution < 1.29 is 0 Å². The maximum atomic E-state index is 2.48. The Hall–Kier alpha value is -7.16. The fourth-order valence-corrected chi connectivity index (χ4v) is 9.42. The van der Waals surface area contributed by atoms with Gasteiger partial charge in [-0.15, -0.1) is 0 Å². The van der Waals surface area contributed by atoms with E-state index in [4.69, 9.17) is 0 Å². The predicted octanol–water partition coefficient (Wildman–Crippen LogP) is 15.0. The summed E-state index contributed by atoms with van der Waals surface area (Å²) in [6.45, 7) is 4.70. The molecule has 2 nitrogen and oxygen atoms in total. The number of anilines is 3. The van der Waals surface area contributed by atoms with Gasteiger partial charge in [-0.3, -0.25) is 0 Å². The molecule has 0 aliphatic heterocycles. The summed E-state index contributed by atoms with van der Waals surface area (Å²) in [6.07, 6.45) is 0. The van der Waals surface area contributed by atoms with Crippen molar-refractivity contribution in [3.05, 3.63) is 217 Å². The number of para-hydroxylation sites is 2. The number of hydrogen-bond acceptors (Lipinski definition) is 1. The molecule has 1 heterocycles. The third kappa shape index (κ3) is 5.25. The number of benzene rings is 9. The first kappa shape index (κ1) is 33.2. The van der Waals surface area contributed by atoms with Crippen LogP contribution < -0.4 is 4.90 Å². The van der Waals surface area contributed by atoms with Gasteiger partial charge in [-0.2, -0.15) is 0 Å². The second-order valence-electron chi connectivity index (χ2n) is 15.8. The van der Waals surface area contributed by atoms with Crippen molar-refractivity contribution in [3.63, 3.8) is 0 Å². The molecule has 1 aliphatic carbocycles. The molecule has 270 valence electrons. The average molecular weight is 729 g/mol. The Morgan fingerprint density at radius 2 is 0.982 bits per heavy atom. The van der Waals surface area contributed by atoms with Gasteiger partial charge in [0.2, 0.25) is 0 Å². The number of hydrogen-bond donors (Lipinski definition) is 0. The highest BCUT2D eigenvalue weighted by Crippen LogP contribution is 2.51. The highest BCUT2D eigenvalue weighted by molar-refractivity contribution is 6.21. The molecule has 0 unspecified atom stereocenters. The molecule has 0 amide bonds. The minimum absolute atomic E-state index is 0.0889. The van der Waals surface area contributed by atoms with Gasteiger partial charge in [0, 0.05) is 44.5 Å². The van der Waals surface area contributed by atoms with Crippen molar-refractivity contribution in [1.29, 1.82) is 0 Å². The molecule has 1 aromatic heterocycles. The molecule has 0 radical (unpaired) electrons. The van der Waals surface area contributed by atoms with E-state index in [0.717, 1.165) is 22.7 Å². The van der Waals surface area contributed by atoms with E-state index in [1.54, 1.807) is 0 Å². The highest BCUT2D eigenvalue weighted by Gasteiger charge is 2.35. The van der Waals surface area contributed by atoms with Crippen LogP contribution in [0.4, 0.5) is 17.1 Å². The van der Waals surface area contributed by atoms with E-state index in [1.807, 2.05) is 0 Å². The van der Waals surface area contributed by atoms with Crippen molar-refractivity contribution in [2.75, 3.05) is 4.90 Å². The molecular weight excluding hydrogens is 689 g/mol. The van der Waals surface area contributed by atoms with Crippen LogP contribution in [0.2, 0.25) is 0 Å². The third-order valence-electron chi connectivity index (χ3n) is 12.2. The Balaban J connectivity index is 1.09. The first-order valence-electron chi connectivity index (χ1n) is 19.9. The lowest BCUT2D eigenvalue weighted by Crippen LogP contribution is -2.16. The van der Waals surface area contributed by atoms with Crippen LogP contribution in [-0.4, -0.2) is 4.57 Å². The Bertz CT molecular complexity index is 3120. The van der Waals surface area contributed by atoms with Crippen LogP contribution in [0.15, 0.2) is 206 Å². The van der Waals surface area contributed by atoms with E-state index < -0.39 is 0 Å². The molecule has 9 aromatic carbocycles. The molecule has 0 atom stereocenters. The van der Waals surface area contributed by atoms with E-state index in [-0.39, 0.29) is 5.41 Å². The number of nitrogens with zero attached hydrogens (tertiary/aromatic N) is 2. The van der Waals surface area contributed by atoms with Crippen LogP contribution in [0, 0.1) is 0 Å². The monoisotopic (exact) mass is 728 g/mol. The quantitative estimate of drug-likeness (QED) is 0.165. The van der Waals surface area contributed by atoms with E-state index in [1.165, 1.54) is 77.1 Å². The van der Waals surface area contributed by atoms with Crippen LogP contribution >= 0.6 is 0 Å². The lowest BCUT2D eigenvalue weighted by molar-refractivity contribution is 0.660. The zero-order valence-corrected chi connectivity index (χ0v) is 32.0. The van der Waals surface area contributed by atoms with Crippen LogP contribution in [0.1, 0.15) is 25.0 Å². The number of fused-ring (bicyclic) bond motifs is 7. The molecule has 0 bridgehead atoms. The Kier molecular flexibility index (Phi) is 7.55. The van der Waals surface area contributed by atoms with Gasteiger partial charge in [0.05, 0.1) is 11.0 Å². The number of rotatable bonds is 6. The molecule has 2 heteroatoms. The maximum Gasteiger partial charge on any atom is 0.0625 e. The standard InChI is InChI=1S/C55H40N2/c1-55(2)50-23-13-11-21-46(50)47-34-33-44(36-51(47)55)56(41-18-7-4-8-19-41)42-29-31-43(32-30-42)57-52-24-14-12-22-48(52)49-35-40-17-9-10-20-45(40)53(54(49)57)39-27-25-38(26-28-39)37-15-5-3-6-16-37/h3-36H,1-2H3. The fourth-order valence-electron chi connectivity index (χ4n) is 9.42. The van der Waals surface area contributed by atoms with Gasteiger partial charge in [-0.05, 0) is 110 Å². The molecular formula is C55H40N2. The van der Waals surface area contributed by atoms with Crippen LogP contribution in [0.3, 0.4) is 0 Å². The summed E-state index contributed by atoms with van der Waals surface area (Å²) < 4.78 is 2.48. The summed E-state index contributed by atoms with van der Waals surface area (Å²) in [7, 11) is 0. The third-order valence-corrected chi connectivity index (χ3v) is 12.2. The van der Waals surface area contributed by atoms with Gasteiger partial charge in [-0.1, -0.05) is 159 Å². The summed E-state index contributed by atoms with van der Waals surface area (Å²) in [4.78, 5) is 2.39. The maximum absolute atomic E-state index is 2.48. The molecule has 10 aromatic rings. The van der Waals surface area contributed by atoms with E-state index in [9.17, 15) is 0 Å². The van der Waals surface area contributed by atoms with Crippen molar-refractivity contribution in [2.24, 2.45) is 0 Å². The van der Waals surface area contributed by atoms with Gasteiger partial charge in [0.25, 0.3) is 0 Å². The van der Waals surface area contributed by atoms with Crippen molar-refractivity contribution in [2.45, 2.75) is 19.3 Å². The Morgan fingerprint density at radius 3 is 1.77 bits per heavy atom. The van der Waals surface area contributed by atoms with Gasteiger partial charge < -0.3 is 9.47 Å². The van der Waals surface area contributed by atoms with E-state index in [0.29, 0.717) is 0 Å². The Morgan fingerprint density at radius 1 is 0.404 bits per heavy atom. The summed E-state index contributed by atoms with van der Waals surface area (Å²) in [6, 6.07) is 75.6. The van der Waals surface area contributed by atoms with Crippen LogP contribution in [-0.2, 0) is 5.41 Å². The normalized spacial score (nSPS) is 12.9. The molecule has 11 rings (SSSR count). The highest BCUT2D eigenvalue weighted by atomic mass is 15.1. The fraction of sp³-hybridized carbons (Fsp3) is 0.0545. The molecule has 0 spiro atoms. The largest absolute Gasteiger partial charge is 0.310 e. The summed E-state index contributed by atoms with van der Waals surface area (Å²) in [5.41, 5.74) is 17.1. The lowest BCUT2D eigenvalue weighted by atomic mass is 9.82. The van der Waals surface area contributed by atoms with Crippen molar-refractivity contribution in [1.82, 2.24) is 4.57 Å². The molecule has 0 saturated carbocycles. The van der Waals surface area contributed by atoms with E-state index >= 15 is 0 Å². The molecule has 0 saturated heterocycles.